The molecular weight excluding hydrogens is 174 g/mol. The van der Waals surface area contributed by atoms with Gasteiger partial charge >= 0.3 is 0 Å². The monoisotopic (exact) mass is 201 g/mol. The first-order valence-electron chi connectivity index (χ1n) is 6.20. The van der Waals surface area contributed by atoms with Crippen LogP contribution in [-0.2, 0) is 0 Å². The Hall–Kier alpha value is -0.0800. The molecule has 2 nitrogen and oxygen atoms in total. The molecule has 0 saturated carbocycles. The van der Waals surface area contributed by atoms with Crippen LogP contribution in [0, 0.1) is 0 Å². The molecule has 0 aromatic heterocycles. The molecule has 0 aliphatic rings. The number of rotatable bonds is 10. The van der Waals surface area contributed by atoms with Gasteiger partial charge in [-0.25, -0.2) is 0 Å². The highest BCUT2D eigenvalue weighted by molar-refractivity contribution is 4.58. The van der Waals surface area contributed by atoms with Crippen molar-refractivity contribution in [2.45, 2.75) is 64.9 Å². The molecular formula is C12H27NO. The summed E-state index contributed by atoms with van der Waals surface area (Å²) in [6.07, 6.45) is 8.44. The molecule has 0 heterocycles. The van der Waals surface area contributed by atoms with Gasteiger partial charge in [-0.1, -0.05) is 46.0 Å². The van der Waals surface area contributed by atoms with Crippen molar-refractivity contribution in [3.8, 4) is 0 Å². The Labute approximate surface area is 89.1 Å². The van der Waals surface area contributed by atoms with Gasteiger partial charge in [0.1, 0.15) is 0 Å². The van der Waals surface area contributed by atoms with E-state index in [4.69, 9.17) is 0 Å². The smallest absolute Gasteiger partial charge is 0.0664 e. The third-order valence-corrected chi connectivity index (χ3v) is 2.46. The Kier molecular flexibility index (Phi) is 10.9. The maximum Gasteiger partial charge on any atom is 0.0664 e. The summed E-state index contributed by atoms with van der Waals surface area (Å²) < 4.78 is 0. The lowest BCUT2D eigenvalue weighted by Gasteiger charge is -2.10. The van der Waals surface area contributed by atoms with Gasteiger partial charge in [0.25, 0.3) is 0 Å². The summed E-state index contributed by atoms with van der Waals surface area (Å²) in [5.74, 6) is 0. The fourth-order valence-corrected chi connectivity index (χ4v) is 1.56. The van der Waals surface area contributed by atoms with Crippen LogP contribution < -0.4 is 5.32 Å². The topological polar surface area (TPSA) is 32.3 Å². The van der Waals surface area contributed by atoms with E-state index in [0.29, 0.717) is 0 Å². The molecule has 0 amide bonds. The van der Waals surface area contributed by atoms with Gasteiger partial charge in [-0.3, -0.25) is 0 Å². The van der Waals surface area contributed by atoms with Crippen LogP contribution in [0.3, 0.4) is 0 Å². The third kappa shape index (κ3) is 10.0. The van der Waals surface area contributed by atoms with E-state index in [1.54, 1.807) is 0 Å². The molecule has 2 N–H and O–H groups in total. The summed E-state index contributed by atoms with van der Waals surface area (Å²) in [6.45, 7) is 6.17. The van der Waals surface area contributed by atoms with Gasteiger partial charge < -0.3 is 10.4 Å². The molecule has 0 aliphatic heterocycles. The van der Waals surface area contributed by atoms with Crippen molar-refractivity contribution < 1.29 is 5.11 Å². The second-order valence-corrected chi connectivity index (χ2v) is 4.06. The van der Waals surface area contributed by atoms with Crippen molar-refractivity contribution in [2.75, 3.05) is 13.1 Å². The molecule has 0 rings (SSSR count). The van der Waals surface area contributed by atoms with Gasteiger partial charge in [-0.05, 0) is 19.4 Å². The number of hydrogen-bond acceptors (Lipinski definition) is 2. The Bertz CT molecular complexity index is 106. The molecule has 0 bridgehead atoms. The van der Waals surface area contributed by atoms with Crippen LogP contribution in [0.25, 0.3) is 0 Å². The van der Waals surface area contributed by atoms with E-state index >= 15 is 0 Å². The largest absolute Gasteiger partial charge is 0.392 e. The molecule has 0 aromatic carbocycles. The van der Waals surface area contributed by atoms with Gasteiger partial charge in [0.05, 0.1) is 6.10 Å². The summed E-state index contributed by atoms with van der Waals surface area (Å²) >= 11 is 0. The minimum Gasteiger partial charge on any atom is -0.392 e. The number of aliphatic hydroxyl groups excluding tert-OH is 1. The average Bonchev–Trinajstić information content (AvgIpc) is 2.17. The van der Waals surface area contributed by atoms with Crippen LogP contribution in [0.4, 0.5) is 0 Å². The molecule has 2 heteroatoms. The van der Waals surface area contributed by atoms with Crippen LogP contribution in [0.5, 0.6) is 0 Å². The molecule has 1 unspecified atom stereocenters. The average molecular weight is 201 g/mol. The second-order valence-electron chi connectivity index (χ2n) is 4.06. The zero-order valence-electron chi connectivity index (χ0n) is 9.89. The molecule has 0 spiro atoms. The Morgan fingerprint density at radius 1 is 1.00 bits per heavy atom. The van der Waals surface area contributed by atoms with Gasteiger partial charge in [0.2, 0.25) is 0 Å². The van der Waals surface area contributed by atoms with E-state index in [9.17, 15) is 5.11 Å². The molecule has 1 atom stereocenters. The summed E-state index contributed by atoms with van der Waals surface area (Å²) in [4.78, 5) is 0. The summed E-state index contributed by atoms with van der Waals surface area (Å²) in [5, 5.41) is 12.7. The van der Waals surface area contributed by atoms with Crippen molar-refractivity contribution in [3.63, 3.8) is 0 Å². The standard InChI is InChI=1S/C12H27NO/c1-3-5-6-7-8-10-13-11-12(14)9-4-2/h12-14H,3-11H2,1-2H3. The molecule has 0 radical (unpaired) electrons. The summed E-state index contributed by atoms with van der Waals surface area (Å²) in [7, 11) is 0. The van der Waals surface area contributed by atoms with E-state index in [1.807, 2.05) is 0 Å². The number of nitrogens with one attached hydrogen (secondary N) is 1. The molecule has 86 valence electrons. The summed E-state index contributed by atoms with van der Waals surface area (Å²) in [6, 6.07) is 0. The Balaban J connectivity index is 2.98. The first-order valence-corrected chi connectivity index (χ1v) is 6.20. The van der Waals surface area contributed by atoms with E-state index in [-0.39, 0.29) is 6.10 Å². The third-order valence-electron chi connectivity index (χ3n) is 2.46. The number of hydrogen-bond donors (Lipinski definition) is 2. The van der Waals surface area contributed by atoms with E-state index in [2.05, 4.69) is 19.2 Å². The maximum atomic E-state index is 9.43. The van der Waals surface area contributed by atoms with Crippen molar-refractivity contribution in [3.05, 3.63) is 0 Å². The summed E-state index contributed by atoms with van der Waals surface area (Å²) in [5.41, 5.74) is 0. The van der Waals surface area contributed by atoms with Crippen LogP contribution in [0.2, 0.25) is 0 Å². The van der Waals surface area contributed by atoms with Gasteiger partial charge in [0.15, 0.2) is 0 Å². The SMILES string of the molecule is CCCCCCCNCC(O)CCC. The molecule has 0 aromatic rings. The minimum absolute atomic E-state index is 0.143. The highest BCUT2D eigenvalue weighted by atomic mass is 16.3. The fraction of sp³-hybridized carbons (Fsp3) is 1.00. The van der Waals surface area contributed by atoms with E-state index in [0.717, 1.165) is 25.9 Å². The minimum atomic E-state index is -0.143. The lowest BCUT2D eigenvalue weighted by Crippen LogP contribution is -2.27. The van der Waals surface area contributed by atoms with E-state index < -0.39 is 0 Å². The van der Waals surface area contributed by atoms with Gasteiger partial charge in [-0.15, -0.1) is 0 Å². The second kappa shape index (κ2) is 11.0. The van der Waals surface area contributed by atoms with E-state index in [1.165, 1.54) is 32.1 Å². The highest BCUT2D eigenvalue weighted by Crippen LogP contribution is 2.01. The van der Waals surface area contributed by atoms with Crippen molar-refractivity contribution in [1.29, 1.82) is 0 Å². The van der Waals surface area contributed by atoms with Gasteiger partial charge in [-0.2, -0.15) is 0 Å². The predicted octanol–water partition coefficient (Wildman–Crippen LogP) is 2.71. The highest BCUT2D eigenvalue weighted by Gasteiger charge is 2.00. The molecule has 14 heavy (non-hydrogen) atoms. The van der Waals surface area contributed by atoms with Crippen LogP contribution >= 0.6 is 0 Å². The lowest BCUT2D eigenvalue weighted by molar-refractivity contribution is 0.161. The van der Waals surface area contributed by atoms with Crippen molar-refractivity contribution in [1.82, 2.24) is 5.32 Å². The Morgan fingerprint density at radius 3 is 2.36 bits per heavy atom. The fourth-order valence-electron chi connectivity index (χ4n) is 1.56. The number of aliphatic hydroxyl groups is 1. The predicted molar refractivity (Wildman–Crippen MR) is 62.5 cm³/mol. The number of unbranched alkanes of at least 4 members (excludes halogenated alkanes) is 4. The van der Waals surface area contributed by atoms with Crippen molar-refractivity contribution in [2.24, 2.45) is 0 Å². The quantitative estimate of drug-likeness (QED) is 0.533. The van der Waals surface area contributed by atoms with Crippen LogP contribution in [-0.4, -0.2) is 24.3 Å². The molecule has 0 aliphatic carbocycles. The normalized spacial score (nSPS) is 13.1. The Morgan fingerprint density at radius 2 is 1.71 bits per heavy atom. The van der Waals surface area contributed by atoms with Crippen molar-refractivity contribution >= 4 is 0 Å². The van der Waals surface area contributed by atoms with Crippen LogP contribution in [0.1, 0.15) is 58.8 Å². The molecule has 0 saturated heterocycles. The first-order chi connectivity index (χ1) is 6.81. The zero-order valence-corrected chi connectivity index (χ0v) is 9.89. The van der Waals surface area contributed by atoms with Gasteiger partial charge in [0, 0.05) is 6.54 Å². The van der Waals surface area contributed by atoms with Crippen LogP contribution in [0.15, 0.2) is 0 Å². The molecule has 0 fully saturated rings. The maximum absolute atomic E-state index is 9.43. The zero-order chi connectivity index (χ0) is 10.6. The lowest BCUT2D eigenvalue weighted by atomic mass is 10.1. The first kappa shape index (κ1) is 13.9.